The zero-order valence-electron chi connectivity index (χ0n) is 15.1. The number of hydrogen-bond acceptors (Lipinski definition) is 4. The molecule has 1 N–H and O–H groups in total. The van der Waals surface area contributed by atoms with Crippen LogP contribution >= 0.6 is 0 Å². The highest BCUT2D eigenvalue weighted by molar-refractivity contribution is 5.98. The highest BCUT2D eigenvalue weighted by atomic mass is 16.2. The molecule has 2 heterocycles. The maximum atomic E-state index is 12.7. The van der Waals surface area contributed by atoms with Gasteiger partial charge in [0.25, 0.3) is 5.91 Å². The minimum absolute atomic E-state index is 0.210. The zero-order chi connectivity index (χ0) is 18.4. The van der Waals surface area contributed by atoms with Crippen LogP contribution in [-0.4, -0.2) is 32.4 Å². The Morgan fingerprint density at radius 3 is 2.65 bits per heavy atom. The molecule has 0 aliphatic rings. The molecule has 0 spiro atoms. The molecule has 0 fully saturated rings. The maximum Gasteiger partial charge on any atom is 0.274 e. The quantitative estimate of drug-likeness (QED) is 0.662. The Balaban J connectivity index is 1.97. The van der Waals surface area contributed by atoms with Crippen molar-refractivity contribution < 1.29 is 4.79 Å². The molecule has 0 saturated carbocycles. The SMILES string of the molecule is CCCCCNC(=O)c1nnn(-c2ccc(C)cc2)c1-c1cccnc1. The number of amides is 1. The minimum atomic E-state index is -0.210. The average molecular weight is 349 g/mol. The van der Waals surface area contributed by atoms with E-state index in [4.69, 9.17) is 0 Å². The van der Waals surface area contributed by atoms with E-state index < -0.39 is 0 Å². The van der Waals surface area contributed by atoms with Gasteiger partial charge in [0.05, 0.1) is 5.69 Å². The number of unbranched alkanes of at least 4 members (excludes halogenated alkanes) is 2. The summed E-state index contributed by atoms with van der Waals surface area (Å²) in [6.45, 7) is 4.80. The fraction of sp³-hybridized carbons (Fsp3) is 0.300. The van der Waals surface area contributed by atoms with Crippen molar-refractivity contribution in [3.8, 4) is 16.9 Å². The van der Waals surface area contributed by atoms with Gasteiger partial charge in [-0.15, -0.1) is 5.10 Å². The van der Waals surface area contributed by atoms with Gasteiger partial charge in [-0.3, -0.25) is 9.78 Å². The lowest BCUT2D eigenvalue weighted by Crippen LogP contribution is -2.25. The second-order valence-electron chi connectivity index (χ2n) is 6.24. The lowest BCUT2D eigenvalue weighted by molar-refractivity contribution is 0.0948. The summed E-state index contributed by atoms with van der Waals surface area (Å²) in [6, 6.07) is 11.7. The lowest BCUT2D eigenvalue weighted by Gasteiger charge is -2.09. The Kier molecular flexibility index (Phi) is 5.73. The van der Waals surface area contributed by atoms with Gasteiger partial charge in [-0.05, 0) is 37.6 Å². The summed E-state index contributed by atoms with van der Waals surface area (Å²) in [5.74, 6) is -0.210. The van der Waals surface area contributed by atoms with Crippen LogP contribution in [0.4, 0.5) is 0 Å². The third kappa shape index (κ3) is 3.96. The van der Waals surface area contributed by atoms with Crippen LogP contribution in [0.25, 0.3) is 16.9 Å². The van der Waals surface area contributed by atoms with Gasteiger partial charge in [0.2, 0.25) is 0 Å². The van der Waals surface area contributed by atoms with Gasteiger partial charge >= 0.3 is 0 Å². The Morgan fingerprint density at radius 1 is 1.15 bits per heavy atom. The van der Waals surface area contributed by atoms with E-state index in [1.807, 2.05) is 43.3 Å². The number of benzene rings is 1. The first-order chi connectivity index (χ1) is 12.7. The van der Waals surface area contributed by atoms with Crippen LogP contribution in [0.15, 0.2) is 48.8 Å². The van der Waals surface area contributed by atoms with E-state index in [1.54, 1.807) is 17.1 Å². The Morgan fingerprint density at radius 2 is 1.96 bits per heavy atom. The molecule has 0 aliphatic heterocycles. The second-order valence-corrected chi connectivity index (χ2v) is 6.24. The molecule has 6 nitrogen and oxygen atoms in total. The van der Waals surface area contributed by atoms with Crippen LogP contribution in [-0.2, 0) is 0 Å². The van der Waals surface area contributed by atoms with Crippen LogP contribution in [0.5, 0.6) is 0 Å². The molecular weight excluding hydrogens is 326 g/mol. The molecule has 3 aromatic rings. The summed E-state index contributed by atoms with van der Waals surface area (Å²) in [4.78, 5) is 16.8. The molecule has 3 rings (SSSR count). The summed E-state index contributed by atoms with van der Waals surface area (Å²) in [5.41, 5.74) is 3.78. The van der Waals surface area contributed by atoms with E-state index in [1.165, 1.54) is 0 Å². The third-order valence-electron chi connectivity index (χ3n) is 4.16. The number of aromatic nitrogens is 4. The van der Waals surface area contributed by atoms with E-state index >= 15 is 0 Å². The smallest absolute Gasteiger partial charge is 0.274 e. The fourth-order valence-corrected chi connectivity index (χ4v) is 2.72. The Hall–Kier alpha value is -3.02. The highest BCUT2D eigenvalue weighted by Gasteiger charge is 2.22. The van der Waals surface area contributed by atoms with Crippen molar-refractivity contribution in [1.29, 1.82) is 0 Å². The van der Waals surface area contributed by atoms with Gasteiger partial charge in [-0.25, -0.2) is 4.68 Å². The van der Waals surface area contributed by atoms with Gasteiger partial charge in [-0.1, -0.05) is 42.7 Å². The van der Waals surface area contributed by atoms with E-state index in [0.717, 1.165) is 36.1 Å². The number of pyridine rings is 1. The van der Waals surface area contributed by atoms with Gasteiger partial charge in [-0.2, -0.15) is 0 Å². The third-order valence-corrected chi connectivity index (χ3v) is 4.16. The Labute approximate surface area is 153 Å². The van der Waals surface area contributed by atoms with Gasteiger partial charge in [0.15, 0.2) is 5.69 Å². The van der Waals surface area contributed by atoms with Gasteiger partial charge in [0.1, 0.15) is 5.69 Å². The van der Waals surface area contributed by atoms with E-state index in [-0.39, 0.29) is 5.91 Å². The summed E-state index contributed by atoms with van der Waals surface area (Å²) in [7, 11) is 0. The number of aryl methyl sites for hydroxylation is 1. The molecule has 0 atom stereocenters. The molecule has 0 unspecified atom stereocenters. The fourth-order valence-electron chi connectivity index (χ4n) is 2.72. The van der Waals surface area contributed by atoms with Crippen molar-refractivity contribution >= 4 is 5.91 Å². The number of carbonyl (C=O) groups excluding carboxylic acids is 1. The monoisotopic (exact) mass is 349 g/mol. The summed E-state index contributed by atoms with van der Waals surface area (Å²) >= 11 is 0. The molecule has 0 saturated heterocycles. The number of nitrogens with one attached hydrogen (secondary N) is 1. The maximum absolute atomic E-state index is 12.7. The number of carbonyl (C=O) groups is 1. The van der Waals surface area contributed by atoms with Crippen LogP contribution in [0.1, 0.15) is 42.2 Å². The first-order valence-electron chi connectivity index (χ1n) is 8.92. The lowest BCUT2D eigenvalue weighted by atomic mass is 10.1. The molecule has 134 valence electrons. The highest BCUT2D eigenvalue weighted by Crippen LogP contribution is 2.24. The minimum Gasteiger partial charge on any atom is -0.351 e. The van der Waals surface area contributed by atoms with Crippen LogP contribution in [0.2, 0.25) is 0 Å². The second kappa shape index (κ2) is 8.38. The van der Waals surface area contributed by atoms with Crippen LogP contribution < -0.4 is 5.32 Å². The molecule has 0 aliphatic carbocycles. The number of rotatable bonds is 7. The van der Waals surface area contributed by atoms with Crippen molar-refractivity contribution in [2.75, 3.05) is 6.54 Å². The molecule has 2 aromatic heterocycles. The van der Waals surface area contributed by atoms with Crippen molar-refractivity contribution in [3.05, 3.63) is 60.0 Å². The molecular formula is C20H23N5O. The first-order valence-corrected chi connectivity index (χ1v) is 8.92. The predicted molar refractivity (Wildman–Crippen MR) is 101 cm³/mol. The van der Waals surface area contributed by atoms with Crippen LogP contribution in [0.3, 0.4) is 0 Å². The average Bonchev–Trinajstić information content (AvgIpc) is 3.11. The van der Waals surface area contributed by atoms with E-state index in [2.05, 4.69) is 27.5 Å². The van der Waals surface area contributed by atoms with E-state index in [9.17, 15) is 4.79 Å². The zero-order valence-corrected chi connectivity index (χ0v) is 15.1. The standard InChI is InChI=1S/C20H23N5O/c1-3-4-5-13-22-20(26)18-19(16-7-6-12-21-14-16)25(24-23-18)17-10-8-15(2)9-11-17/h6-12,14H,3-5,13H2,1-2H3,(H,22,26). The molecule has 6 heteroatoms. The molecule has 0 radical (unpaired) electrons. The van der Waals surface area contributed by atoms with E-state index in [0.29, 0.717) is 17.9 Å². The summed E-state index contributed by atoms with van der Waals surface area (Å²) in [5, 5.41) is 11.3. The molecule has 1 amide bonds. The topological polar surface area (TPSA) is 72.7 Å². The number of nitrogens with zero attached hydrogens (tertiary/aromatic N) is 4. The first kappa shape index (κ1) is 17.8. The number of hydrogen-bond donors (Lipinski definition) is 1. The van der Waals surface area contributed by atoms with Crippen LogP contribution in [0, 0.1) is 6.92 Å². The molecule has 26 heavy (non-hydrogen) atoms. The van der Waals surface area contributed by atoms with Gasteiger partial charge in [0, 0.05) is 24.5 Å². The van der Waals surface area contributed by atoms with Crippen molar-refractivity contribution in [2.45, 2.75) is 33.1 Å². The summed E-state index contributed by atoms with van der Waals surface area (Å²) < 4.78 is 1.69. The molecule has 0 bridgehead atoms. The van der Waals surface area contributed by atoms with Crippen molar-refractivity contribution in [2.24, 2.45) is 0 Å². The van der Waals surface area contributed by atoms with Crippen molar-refractivity contribution in [1.82, 2.24) is 25.3 Å². The Bertz CT molecular complexity index is 856. The predicted octanol–water partition coefficient (Wildman–Crippen LogP) is 3.56. The normalized spacial score (nSPS) is 10.7. The largest absolute Gasteiger partial charge is 0.351 e. The van der Waals surface area contributed by atoms with Gasteiger partial charge < -0.3 is 5.32 Å². The summed E-state index contributed by atoms with van der Waals surface area (Å²) in [6.07, 6.45) is 6.58. The van der Waals surface area contributed by atoms with Crippen molar-refractivity contribution in [3.63, 3.8) is 0 Å². The molecule has 1 aromatic carbocycles.